The predicted octanol–water partition coefficient (Wildman–Crippen LogP) is 1.54. The van der Waals surface area contributed by atoms with E-state index in [1.807, 2.05) is 32.2 Å². The molecule has 0 spiro atoms. The van der Waals surface area contributed by atoms with Crippen molar-refractivity contribution in [2.45, 2.75) is 13.3 Å². The molecule has 0 heterocycles. The number of hydrogen-bond acceptors (Lipinski definition) is 2. The topological polar surface area (TPSA) is 38.0 Å². The minimum atomic E-state index is 0.811. The summed E-state index contributed by atoms with van der Waals surface area (Å²) >= 11 is 0. The number of benzene rings is 1. The van der Waals surface area contributed by atoms with Gasteiger partial charge in [0.05, 0.1) is 0 Å². The van der Waals surface area contributed by atoms with Crippen LogP contribution in [0.2, 0.25) is 0 Å². The van der Waals surface area contributed by atoms with E-state index in [4.69, 9.17) is 5.73 Å². The second kappa shape index (κ2) is 5.31. The first-order valence-electron chi connectivity index (χ1n) is 4.73. The average molecular weight is 188 g/mol. The number of aryl methyl sites for hydroxylation is 1. The molecule has 1 aromatic carbocycles. The Labute approximate surface area is 85.5 Å². The van der Waals surface area contributed by atoms with Crippen LogP contribution >= 0.6 is 0 Å². The summed E-state index contributed by atoms with van der Waals surface area (Å²) in [4.78, 5) is 0. The van der Waals surface area contributed by atoms with Gasteiger partial charge in [-0.2, -0.15) is 0 Å². The lowest BCUT2D eigenvalue weighted by atomic mass is 10.1. The Morgan fingerprint density at radius 2 is 2.21 bits per heavy atom. The van der Waals surface area contributed by atoms with Gasteiger partial charge in [0.1, 0.15) is 0 Å². The fourth-order valence-electron chi connectivity index (χ4n) is 1.07. The van der Waals surface area contributed by atoms with Crippen LogP contribution < -0.4 is 11.1 Å². The Hall–Kier alpha value is -1.46. The molecule has 0 saturated heterocycles. The Bertz CT molecular complexity index is 358. The van der Waals surface area contributed by atoms with Crippen LogP contribution in [0, 0.1) is 18.8 Å². The highest BCUT2D eigenvalue weighted by molar-refractivity contribution is 5.52. The van der Waals surface area contributed by atoms with Gasteiger partial charge in [0, 0.05) is 24.2 Å². The van der Waals surface area contributed by atoms with Gasteiger partial charge in [0.25, 0.3) is 0 Å². The summed E-state index contributed by atoms with van der Waals surface area (Å²) in [5.41, 5.74) is 8.67. The van der Waals surface area contributed by atoms with E-state index in [1.165, 1.54) is 0 Å². The van der Waals surface area contributed by atoms with Crippen molar-refractivity contribution in [3.8, 4) is 11.8 Å². The highest BCUT2D eigenvalue weighted by atomic mass is 14.8. The fraction of sp³-hybridized carbons (Fsp3) is 0.333. The van der Waals surface area contributed by atoms with E-state index >= 15 is 0 Å². The van der Waals surface area contributed by atoms with Gasteiger partial charge in [-0.25, -0.2) is 0 Å². The molecule has 74 valence electrons. The zero-order valence-electron chi connectivity index (χ0n) is 8.72. The normalized spacial score (nSPS) is 9.29. The molecule has 0 amide bonds. The third-order valence-corrected chi connectivity index (χ3v) is 2.01. The molecule has 2 nitrogen and oxygen atoms in total. The van der Waals surface area contributed by atoms with Gasteiger partial charge in [0.2, 0.25) is 0 Å². The van der Waals surface area contributed by atoms with Crippen molar-refractivity contribution in [2.75, 3.05) is 19.3 Å². The molecule has 0 saturated carbocycles. The van der Waals surface area contributed by atoms with Gasteiger partial charge < -0.3 is 11.1 Å². The number of nitrogens with two attached hydrogens (primary N) is 1. The van der Waals surface area contributed by atoms with Gasteiger partial charge in [-0.05, 0) is 31.7 Å². The fourth-order valence-corrected chi connectivity index (χ4v) is 1.07. The molecule has 1 aromatic rings. The summed E-state index contributed by atoms with van der Waals surface area (Å²) in [5, 5.41) is 3.05. The van der Waals surface area contributed by atoms with Crippen molar-refractivity contribution >= 4 is 5.69 Å². The Kier molecular flexibility index (Phi) is 4.03. The molecule has 0 atom stereocenters. The van der Waals surface area contributed by atoms with Crippen molar-refractivity contribution in [3.63, 3.8) is 0 Å². The summed E-state index contributed by atoms with van der Waals surface area (Å²) in [6, 6.07) is 5.91. The minimum absolute atomic E-state index is 0.811. The number of hydrogen-bond donors (Lipinski definition) is 2. The first-order chi connectivity index (χ1) is 6.74. The van der Waals surface area contributed by atoms with E-state index < -0.39 is 0 Å². The zero-order valence-corrected chi connectivity index (χ0v) is 8.72. The molecule has 0 bridgehead atoms. The lowest BCUT2D eigenvalue weighted by molar-refractivity contribution is 0.818. The van der Waals surface area contributed by atoms with E-state index in [0.717, 1.165) is 29.8 Å². The molecule has 0 fully saturated rings. The van der Waals surface area contributed by atoms with E-state index in [1.54, 1.807) is 0 Å². The Morgan fingerprint density at radius 1 is 1.43 bits per heavy atom. The lowest BCUT2D eigenvalue weighted by Crippen LogP contribution is -2.05. The van der Waals surface area contributed by atoms with Crippen molar-refractivity contribution < 1.29 is 0 Å². The van der Waals surface area contributed by atoms with Crippen LogP contribution in [0.1, 0.15) is 17.5 Å². The maximum absolute atomic E-state index is 5.77. The highest BCUT2D eigenvalue weighted by Gasteiger charge is 1.92. The predicted molar refractivity (Wildman–Crippen MR) is 61.0 cm³/mol. The molecule has 1 rings (SSSR count). The third kappa shape index (κ3) is 3.12. The number of nitrogens with one attached hydrogen (secondary N) is 1. The minimum Gasteiger partial charge on any atom is -0.398 e. The maximum Gasteiger partial charge on any atom is 0.0356 e. The van der Waals surface area contributed by atoms with Crippen molar-refractivity contribution in [2.24, 2.45) is 0 Å². The quantitative estimate of drug-likeness (QED) is 0.420. The number of rotatable bonds is 2. The molecule has 0 aliphatic carbocycles. The Morgan fingerprint density at radius 3 is 2.86 bits per heavy atom. The molecular formula is C12H16N2. The molecule has 3 N–H and O–H groups in total. The molecule has 0 aliphatic heterocycles. The maximum atomic E-state index is 5.77. The monoisotopic (exact) mass is 188 g/mol. The largest absolute Gasteiger partial charge is 0.398 e. The van der Waals surface area contributed by atoms with Crippen LogP contribution in [0.15, 0.2) is 18.2 Å². The zero-order chi connectivity index (χ0) is 10.4. The average Bonchev–Trinajstić information content (AvgIpc) is 2.18. The van der Waals surface area contributed by atoms with E-state index in [0.29, 0.717) is 0 Å². The smallest absolute Gasteiger partial charge is 0.0356 e. The van der Waals surface area contributed by atoms with Gasteiger partial charge in [-0.1, -0.05) is 17.9 Å². The molecule has 2 heteroatoms. The summed E-state index contributed by atoms with van der Waals surface area (Å²) in [6.07, 6.45) is 0.865. The second-order valence-corrected chi connectivity index (χ2v) is 3.23. The molecule has 0 radical (unpaired) electrons. The number of nitrogen functional groups attached to an aromatic ring is 1. The van der Waals surface area contributed by atoms with Gasteiger partial charge in [-0.15, -0.1) is 0 Å². The van der Waals surface area contributed by atoms with Crippen molar-refractivity contribution in [1.82, 2.24) is 5.32 Å². The molecular weight excluding hydrogens is 172 g/mol. The van der Waals surface area contributed by atoms with Crippen molar-refractivity contribution in [3.05, 3.63) is 29.3 Å². The summed E-state index contributed by atoms with van der Waals surface area (Å²) < 4.78 is 0. The van der Waals surface area contributed by atoms with E-state index in [-0.39, 0.29) is 0 Å². The van der Waals surface area contributed by atoms with Crippen LogP contribution in [0.5, 0.6) is 0 Å². The molecule has 14 heavy (non-hydrogen) atoms. The third-order valence-electron chi connectivity index (χ3n) is 2.01. The van der Waals surface area contributed by atoms with Gasteiger partial charge >= 0.3 is 0 Å². The lowest BCUT2D eigenvalue weighted by Gasteiger charge is -1.98. The summed E-state index contributed by atoms with van der Waals surface area (Å²) in [7, 11) is 1.92. The number of anilines is 1. The highest BCUT2D eigenvalue weighted by Crippen LogP contribution is 2.11. The summed E-state index contributed by atoms with van der Waals surface area (Å²) in [5.74, 6) is 6.16. The molecule has 0 unspecified atom stereocenters. The van der Waals surface area contributed by atoms with Crippen LogP contribution in [-0.2, 0) is 0 Å². The van der Waals surface area contributed by atoms with Crippen LogP contribution in [-0.4, -0.2) is 13.6 Å². The SMILES string of the molecule is CNCCC#Cc1ccc(C)c(N)c1. The summed E-state index contributed by atoms with van der Waals surface area (Å²) in [6.45, 7) is 2.92. The standard InChI is InChI=1S/C12H16N2/c1-10-6-7-11(9-12(10)13)5-3-4-8-14-2/h6-7,9,14H,4,8,13H2,1-2H3. The Balaban J connectivity index is 2.66. The first kappa shape index (κ1) is 10.6. The van der Waals surface area contributed by atoms with Crippen molar-refractivity contribution in [1.29, 1.82) is 0 Å². The first-order valence-corrected chi connectivity index (χ1v) is 4.73. The van der Waals surface area contributed by atoms with E-state index in [9.17, 15) is 0 Å². The van der Waals surface area contributed by atoms with Crippen LogP contribution in [0.25, 0.3) is 0 Å². The second-order valence-electron chi connectivity index (χ2n) is 3.23. The molecule has 0 aliphatic rings. The molecule has 0 aromatic heterocycles. The van der Waals surface area contributed by atoms with E-state index in [2.05, 4.69) is 17.2 Å². The van der Waals surface area contributed by atoms with Crippen LogP contribution in [0.4, 0.5) is 5.69 Å². The van der Waals surface area contributed by atoms with Gasteiger partial charge in [-0.3, -0.25) is 0 Å². The van der Waals surface area contributed by atoms with Gasteiger partial charge in [0.15, 0.2) is 0 Å². The van der Waals surface area contributed by atoms with Crippen LogP contribution in [0.3, 0.4) is 0 Å².